The summed E-state index contributed by atoms with van der Waals surface area (Å²) in [7, 11) is -3.28. The predicted molar refractivity (Wildman–Crippen MR) is 92.4 cm³/mol. The van der Waals surface area contributed by atoms with Crippen LogP contribution >= 0.6 is 0 Å². The van der Waals surface area contributed by atoms with E-state index < -0.39 is 10.0 Å². The normalized spacial score (nSPS) is 16.5. The first-order valence-corrected chi connectivity index (χ1v) is 9.65. The van der Waals surface area contributed by atoms with E-state index in [1.165, 1.54) is 6.26 Å². The van der Waals surface area contributed by atoms with Crippen LogP contribution < -0.4 is 9.62 Å². The van der Waals surface area contributed by atoms with Crippen LogP contribution in [0.3, 0.4) is 0 Å². The molecule has 124 valence electrons. The van der Waals surface area contributed by atoms with Gasteiger partial charge in [-0.3, -0.25) is 4.72 Å². The van der Waals surface area contributed by atoms with Gasteiger partial charge in [0, 0.05) is 24.7 Å². The Bertz CT molecular complexity index is 777. The standard InChI is InChI=1S/C16H22N4O2S/c1-12-16(18-11-17-12)13-7-9-20(10-8-13)15-6-4-3-5-14(15)19-23(2,21)22/h3-6,11,13,19H,7-10H2,1-2H3,(H,17,18). The number of H-pyrrole nitrogens is 1. The Hall–Kier alpha value is -2.02. The highest BCUT2D eigenvalue weighted by atomic mass is 32.2. The number of sulfonamides is 1. The van der Waals surface area contributed by atoms with Gasteiger partial charge in [-0.05, 0) is 31.9 Å². The maximum Gasteiger partial charge on any atom is 0.229 e. The van der Waals surface area contributed by atoms with Crippen LogP contribution in [-0.2, 0) is 10.0 Å². The lowest BCUT2D eigenvalue weighted by molar-refractivity contribution is 0.496. The second kappa shape index (κ2) is 6.23. The number of nitrogens with one attached hydrogen (secondary N) is 2. The number of hydrogen-bond donors (Lipinski definition) is 2. The average Bonchev–Trinajstić information content (AvgIpc) is 2.93. The van der Waals surface area contributed by atoms with Crippen molar-refractivity contribution in [2.75, 3.05) is 29.0 Å². The lowest BCUT2D eigenvalue weighted by Gasteiger charge is -2.34. The van der Waals surface area contributed by atoms with E-state index in [1.807, 2.05) is 18.2 Å². The Kier molecular flexibility index (Phi) is 4.30. The SMILES string of the molecule is Cc1[nH]cnc1C1CCN(c2ccccc2NS(C)(=O)=O)CC1. The number of hydrogen-bond acceptors (Lipinski definition) is 4. The minimum Gasteiger partial charge on any atom is -0.370 e. The van der Waals surface area contributed by atoms with E-state index in [9.17, 15) is 8.42 Å². The third-order valence-electron chi connectivity index (χ3n) is 4.29. The van der Waals surface area contributed by atoms with E-state index in [1.54, 1.807) is 12.4 Å². The molecule has 7 heteroatoms. The molecule has 2 heterocycles. The summed E-state index contributed by atoms with van der Waals surface area (Å²) in [4.78, 5) is 9.82. The van der Waals surface area contributed by atoms with Crippen LogP contribution in [0.4, 0.5) is 11.4 Å². The summed E-state index contributed by atoms with van der Waals surface area (Å²) in [5.41, 5.74) is 3.88. The summed E-state index contributed by atoms with van der Waals surface area (Å²) in [6.45, 7) is 3.83. The Morgan fingerprint density at radius 3 is 2.57 bits per heavy atom. The summed E-state index contributed by atoms with van der Waals surface area (Å²) in [6, 6.07) is 7.55. The number of anilines is 2. The van der Waals surface area contributed by atoms with Crippen molar-refractivity contribution in [1.82, 2.24) is 9.97 Å². The van der Waals surface area contributed by atoms with Gasteiger partial charge in [0.25, 0.3) is 0 Å². The first kappa shape index (κ1) is 15.9. The van der Waals surface area contributed by atoms with Gasteiger partial charge in [0.15, 0.2) is 0 Å². The molecule has 6 nitrogen and oxygen atoms in total. The van der Waals surface area contributed by atoms with E-state index in [0.29, 0.717) is 11.6 Å². The second-order valence-electron chi connectivity index (χ2n) is 6.07. The molecule has 1 aromatic heterocycles. The fourth-order valence-corrected chi connectivity index (χ4v) is 3.78. The highest BCUT2D eigenvalue weighted by Crippen LogP contribution is 2.34. The maximum atomic E-state index is 11.5. The molecule has 23 heavy (non-hydrogen) atoms. The lowest BCUT2D eigenvalue weighted by atomic mass is 9.92. The zero-order valence-corrected chi connectivity index (χ0v) is 14.2. The van der Waals surface area contributed by atoms with Crippen molar-refractivity contribution >= 4 is 21.4 Å². The minimum atomic E-state index is -3.28. The quantitative estimate of drug-likeness (QED) is 0.900. The highest BCUT2D eigenvalue weighted by molar-refractivity contribution is 7.92. The van der Waals surface area contributed by atoms with Gasteiger partial charge in [0.2, 0.25) is 10.0 Å². The molecule has 2 N–H and O–H groups in total. The first-order chi connectivity index (χ1) is 10.9. The van der Waals surface area contributed by atoms with Crippen LogP contribution in [0, 0.1) is 6.92 Å². The number of benzene rings is 1. The third kappa shape index (κ3) is 3.67. The Morgan fingerprint density at radius 2 is 1.96 bits per heavy atom. The topological polar surface area (TPSA) is 78.1 Å². The van der Waals surface area contributed by atoms with E-state index >= 15 is 0 Å². The molecule has 1 aliphatic heterocycles. The molecule has 1 fully saturated rings. The molecule has 2 aromatic rings. The molecule has 0 aliphatic carbocycles. The van der Waals surface area contributed by atoms with Gasteiger partial charge in [-0.2, -0.15) is 0 Å². The second-order valence-corrected chi connectivity index (χ2v) is 7.81. The molecule has 0 spiro atoms. The fourth-order valence-electron chi connectivity index (χ4n) is 3.21. The third-order valence-corrected chi connectivity index (χ3v) is 4.88. The Balaban J connectivity index is 1.74. The van der Waals surface area contributed by atoms with Crippen molar-refractivity contribution in [3.05, 3.63) is 42.0 Å². The monoisotopic (exact) mass is 334 g/mol. The van der Waals surface area contributed by atoms with Crippen molar-refractivity contribution in [3.8, 4) is 0 Å². The van der Waals surface area contributed by atoms with E-state index in [4.69, 9.17) is 0 Å². The number of aromatic amines is 1. The minimum absolute atomic E-state index is 0.465. The molecular weight excluding hydrogens is 312 g/mol. The predicted octanol–water partition coefficient (Wildman–Crippen LogP) is 2.47. The van der Waals surface area contributed by atoms with Crippen molar-refractivity contribution in [3.63, 3.8) is 0 Å². The average molecular weight is 334 g/mol. The van der Waals surface area contributed by atoms with Gasteiger partial charge in [0.05, 0.1) is 29.7 Å². The van der Waals surface area contributed by atoms with Gasteiger partial charge < -0.3 is 9.88 Å². The van der Waals surface area contributed by atoms with Crippen molar-refractivity contribution < 1.29 is 8.42 Å². The van der Waals surface area contributed by atoms with E-state index in [2.05, 4.69) is 26.5 Å². The summed E-state index contributed by atoms with van der Waals surface area (Å²) in [5, 5.41) is 0. The molecule has 0 atom stereocenters. The molecule has 0 unspecified atom stereocenters. The molecule has 1 saturated heterocycles. The van der Waals surface area contributed by atoms with Gasteiger partial charge in [0.1, 0.15) is 0 Å². The number of nitrogens with zero attached hydrogens (tertiary/aromatic N) is 2. The Morgan fingerprint density at radius 1 is 1.26 bits per heavy atom. The molecule has 0 radical (unpaired) electrons. The number of para-hydroxylation sites is 2. The fraction of sp³-hybridized carbons (Fsp3) is 0.438. The molecule has 1 aliphatic rings. The number of piperidine rings is 1. The molecule has 3 rings (SSSR count). The van der Waals surface area contributed by atoms with Gasteiger partial charge in [-0.25, -0.2) is 13.4 Å². The Labute approximate surface area is 137 Å². The highest BCUT2D eigenvalue weighted by Gasteiger charge is 2.24. The number of imidazole rings is 1. The smallest absolute Gasteiger partial charge is 0.229 e. The van der Waals surface area contributed by atoms with E-state index in [-0.39, 0.29) is 0 Å². The molecule has 0 bridgehead atoms. The summed E-state index contributed by atoms with van der Waals surface area (Å²) >= 11 is 0. The lowest BCUT2D eigenvalue weighted by Crippen LogP contribution is -2.33. The summed E-state index contributed by atoms with van der Waals surface area (Å²) < 4.78 is 25.7. The number of aryl methyl sites for hydroxylation is 1. The van der Waals surface area contributed by atoms with Gasteiger partial charge in [-0.15, -0.1) is 0 Å². The van der Waals surface area contributed by atoms with Crippen LogP contribution in [-0.4, -0.2) is 37.7 Å². The zero-order chi connectivity index (χ0) is 16.4. The van der Waals surface area contributed by atoms with Crippen LogP contribution in [0.2, 0.25) is 0 Å². The zero-order valence-electron chi connectivity index (χ0n) is 13.4. The van der Waals surface area contributed by atoms with Crippen molar-refractivity contribution in [1.29, 1.82) is 0 Å². The molecule has 0 amide bonds. The maximum absolute atomic E-state index is 11.5. The van der Waals surface area contributed by atoms with Crippen LogP contribution in [0.5, 0.6) is 0 Å². The molecule has 0 saturated carbocycles. The number of aromatic nitrogens is 2. The van der Waals surface area contributed by atoms with Crippen LogP contribution in [0.15, 0.2) is 30.6 Å². The summed E-state index contributed by atoms with van der Waals surface area (Å²) in [6.07, 6.45) is 4.95. The van der Waals surface area contributed by atoms with Crippen LogP contribution in [0.25, 0.3) is 0 Å². The van der Waals surface area contributed by atoms with E-state index in [0.717, 1.165) is 43.0 Å². The molecule has 1 aromatic carbocycles. The van der Waals surface area contributed by atoms with Gasteiger partial charge in [-0.1, -0.05) is 12.1 Å². The van der Waals surface area contributed by atoms with Crippen molar-refractivity contribution in [2.45, 2.75) is 25.7 Å². The van der Waals surface area contributed by atoms with Gasteiger partial charge >= 0.3 is 0 Å². The largest absolute Gasteiger partial charge is 0.370 e. The first-order valence-electron chi connectivity index (χ1n) is 7.75. The molecular formula is C16H22N4O2S. The van der Waals surface area contributed by atoms with Crippen LogP contribution in [0.1, 0.15) is 30.1 Å². The van der Waals surface area contributed by atoms with Crippen molar-refractivity contribution in [2.24, 2.45) is 0 Å². The number of rotatable bonds is 4. The summed E-state index contributed by atoms with van der Waals surface area (Å²) in [5.74, 6) is 0.465.